The molecule has 0 unspecified atom stereocenters. The Morgan fingerprint density at radius 1 is 1.12 bits per heavy atom. The third-order valence-electron chi connectivity index (χ3n) is 3.69. The van der Waals surface area contributed by atoms with Gasteiger partial charge < -0.3 is 9.47 Å². The van der Waals surface area contributed by atoms with Gasteiger partial charge in [0.2, 0.25) is 0 Å². The second-order valence-corrected chi connectivity index (χ2v) is 6.65. The van der Waals surface area contributed by atoms with Gasteiger partial charge in [-0.15, -0.1) is 0 Å². The molecule has 130 valence electrons. The molecule has 1 heterocycles. The fourth-order valence-corrected chi connectivity index (χ4v) is 2.25. The lowest BCUT2D eigenvalue weighted by Crippen LogP contribution is -2.26. The highest BCUT2D eigenvalue weighted by Crippen LogP contribution is 2.34. The van der Waals surface area contributed by atoms with E-state index in [-0.39, 0.29) is 17.1 Å². The van der Waals surface area contributed by atoms with Gasteiger partial charge in [0.05, 0.1) is 19.4 Å². The van der Waals surface area contributed by atoms with Gasteiger partial charge in [-0.1, -0.05) is 26.0 Å². The van der Waals surface area contributed by atoms with E-state index < -0.39 is 0 Å². The van der Waals surface area contributed by atoms with Crippen LogP contribution in [0.3, 0.4) is 0 Å². The van der Waals surface area contributed by atoms with E-state index in [0.717, 1.165) is 0 Å². The van der Waals surface area contributed by atoms with Gasteiger partial charge >= 0.3 is 0 Å². The topological polar surface area (TPSA) is 59.9 Å². The largest absolute Gasteiger partial charge is 0.489 e. The Morgan fingerprint density at radius 3 is 2.52 bits per heavy atom. The third kappa shape index (κ3) is 4.35. The summed E-state index contributed by atoms with van der Waals surface area (Å²) >= 11 is 0. The van der Waals surface area contributed by atoms with Crippen LogP contribution in [0, 0.1) is 11.2 Å². The maximum absolute atomic E-state index is 12.8. The zero-order valence-corrected chi connectivity index (χ0v) is 14.1. The van der Waals surface area contributed by atoms with Crippen LogP contribution in [0.1, 0.15) is 29.8 Å². The van der Waals surface area contributed by atoms with Crippen molar-refractivity contribution >= 4 is 12.1 Å². The smallest absolute Gasteiger partial charge is 0.271 e. The number of benzene rings is 2. The van der Waals surface area contributed by atoms with Crippen LogP contribution in [0.4, 0.5) is 4.39 Å². The summed E-state index contributed by atoms with van der Waals surface area (Å²) in [7, 11) is 0. The standard InChI is InChI=1S/C19H19FN2O3/c1-19(2)11-24-16-8-5-14(9-17(16)25-12-19)18(23)22-21-10-13-3-6-15(20)7-4-13/h3-10H,11-12H2,1-2H3,(H,22,23)/b21-10+. The van der Waals surface area contributed by atoms with Crippen LogP contribution in [-0.2, 0) is 0 Å². The first-order valence-electron chi connectivity index (χ1n) is 7.92. The Labute approximate surface area is 145 Å². The molecule has 6 heteroatoms. The molecule has 5 nitrogen and oxygen atoms in total. The summed E-state index contributed by atoms with van der Waals surface area (Å²) in [5.41, 5.74) is 3.44. The van der Waals surface area contributed by atoms with E-state index in [1.54, 1.807) is 30.3 Å². The monoisotopic (exact) mass is 342 g/mol. The summed E-state index contributed by atoms with van der Waals surface area (Å²) in [6.07, 6.45) is 1.45. The number of amides is 1. The first kappa shape index (κ1) is 17.0. The molecule has 0 saturated carbocycles. The van der Waals surface area contributed by atoms with Crippen molar-refractivity contribution in [1.29, 1.82) is 0 Å². The summed E-state index contributed by atoms with van der Waals surface area (Å²) in [5, 5.41) is 3.88. The van der Waals surface area contributed by atoms with E-state index >= 15 is 0 Å². The van der Waals surface area contributed by atoms with Gasteiger partial charge in [0.25, 0.3) is 5.91 Å². The maximum Gasteiger partial charge on any atom is 0.271 e. The Kier molecular flexibility index (Phi) is 4.70. The van der Waals surface area contributed by atoms with Crippen molar-refractivity contribution in [1.82, 2.24) is 5.43 Å². The molecule has 0 bridgehead atoms. The summed E-state index contributed by atoms with van der Waals surface area (Å²) in [6.45, 7) is 5.16. The summed E-state index contributed by atoms with van der Waals surface area (Å²) in [5.74, 6) is 0.475. The lowest BCUT2D eigenvalue weighted by molar-refractivity contribution is 0.0954. The molecule has 1 aliphatic heterocycles. The number of fused-ring (bicyclic) bond motifs is 1. The Hall–Kier alpha value is -2.89. The number of hydrogen-bond donors (Lipinski definition) is 1. The van der Waals surface area contributed by atoms with Crippen molar-refractivity contribution in [3.63, 3.8) is 0 Å². The molecule has 0 aromatic heterocycles. The Bertz CT molecular complexity index is 801. The first-order chi connectivity index (χ1) is 11.9. The molecule has 1 aliphatic rings. The van der Waals surface area contributed by atoms with Crippen LogP contribution in [-0.4, -0.2) is 25.3 Å². The fraction of sp³-hybridized carbons (Fsp3) is 0.263. The van der Waals surface area contributed by atoms with Gasteiger partial charge in [-0.2, -0.15) is 5.10 Å². The molecule has 3 rings (SSSR count). The molecule has 0 fully saturated rings. The third-order valence-corrected chi connectivity index (χ3v) is 3.69. The van der Waals surface area contributed by atoms with E-state index in [1.165, 1.54) is 18.3 Å². The average molecular weight is 342 g/mol. The molecule has 0 saturated heterocycles. The molecule has 0 spiro atoms. The number of hydrazone groups is 1. The number of rotatable bonds is 3. The van der Waals surface area contributed by atoms with Crippen molar-refractivity contribution in [3.8, 4) is 11.5 Å². The van der Waals surface area contributed by atoms with E-state index in [1.807, 2.05) is 0 Å². The maximum atomic E-state index is 12.8. The predicted octanol–water partition coefficient (Wildman–Crippen LogP) is 3.39. The molecule has 2 aromatic carbocycles. The highest BCUT2D eigenvalue weighted by Gasteiger charge is 2.25. The minimum absolute atomic E-state index is 0.0963. The van der Waals surface area contributed by atoms with Crippen LogP contribution in [0.25, 0.3) is 0 Å². The first-order valence-corrected chi connectivity index (χ1v) is 7.92. The van der Waals surface area contributed by atoms with Gasteiger partial charge in [-0.25, -0.2) is 9.82 Å². The Morgan fingerprint density at radius 2 is 1.80 bits per heavy atom. The van der Waals surface area contributed by atoms with E-state index in [9.17, 15) is 9.18 Å². The predicted molar refractivity (Wildman–Crippen MR) is 92.7 cm³/mol. The van der Waals surface area contributed by atoms with Crippen LogP contribution in [0.5, 0.6) is 11.5 Å². The quantitative estimate of drug-likeness (QED) is 0.687. The number of carbonyl (C=O) groups excluding carboxylic acids is 1. The fourth-order valence-electron chi connectivity index (χ4n) is 2.25. The summed E-state index contributed by atoms with van der Waals surface area (Å²) in [4.78, 5) is 12.2. The SMILES string of the molecule is CC1(C)COc2ccc(C(=O)N/N=C/c3ccc(F)cc3)cc2OC1. The van der Waals surface area contributed by atoms with Crippen LogP contribution < -0.4 is 14.9 Å². The average Bonchev–Trinajstić information content (AvgIpc) is 2.75. The van der Waals surface area contributed by atoms with Crippen LogP contribution >= 0.6 is 0 Å². The summed E-state index contributed by atoms with van der Waals surface area (Å²) in [6, 6.07) is 10.8. The van der Waals surface area contributed by atoms with Gasteiger partial charge in [-0.05, 0) is 35.9 Å². The lowest BCUT2D eigenvalue weighted by Gasteiger charge is -2.19. The zero-order valence-electron chi connectivity index (χ0n) is 14.1. The zero-order chi connectivity index (χ0) is 17.9. The molecular weight excluding hydrogens is 323 g/mol. The van der Waals surface area contributed by atoms with Crippen molar-refractivity contribution in [2.75, 3.05) is 13.2 Å². The number of carbonyl (C=O) groups is 1. The minimum atomic E-state index is -0.367. The number of hydrogen-bond acceptors (Lipinski definition) is 4. The number of nitrogens with one attached hydrogen (secondary N) is 1. The van der Waals surface area contributed by atoms with Gasteiger partial charge in [0.1, 0.15) is 5.82 Å². The number of nitrogens with zero attached hydrogens (tertiary/aromatic N) is 1. The van der Waals surface area contributed by atoms with Crippen molar-refractivity contribution in [2.24, 2.45) is 10.5 Å². The van der Waals surface area contributed by atoms with Gasteiger partial charge in [0.15, 0.2) is 11.5 Å². The molecule has 1 amide bonds. The van der Waals surface area contributed by atoms with Crippen molar-refractivity contribution in [3.05, 3.63) is 59.4 Å². The second kappa shape index (κ2) is 6.93. The molecule has 1 N–H and O–H groups in total. The molecular formula is C19H19FN2O3. The van der Waals surface area contributed by atoms with Crippen LogP contribution in [0.2, 0.25) is 0 Å². The van der Waals surface area contributed by atoms with Crippen LogP contribution in [0.15, 0.2) is 47.6 Å². The molecule has 25 heavy (non-hydrogen) atoms. The van der Waals surface area contributed by atoms with Crippen molar-refractivity contribution < 1.29 is 18.7 Å². The Balaban J connectivity index is 1.67. The number of halogens is 1. The van der Waals surface area contributed by atoms with Gasteiger partial charge in [-0.3, -0.25) is 4.79 Å². The van der Waals surface area contributed by atoms with Crippen molar-refractivity contribution in [2.45, 2.75) is 13.8 Å². The van der Waals surface area contributed by atoms with Gasteiger partial charge in [0, 0.05) is 11.0 Å². The van der Waals surface area contributed by atoms with E-state index in [0.29, 0.717) is 35.8 Å². The normalized spacial score (nSPS) is 15.6. The van der Waals surface area contributed by atoms with E-state index in [4.69, 9.17) is 9.47 Å². The minimum Gasteiger partial charge on any atom is -0.489 e. The van der Waals surface area contributed by atoms with E-state index in [2.05, 4.69) is 24.4 Å². The molecule has 0 radical (unpaired) electrons. The summed E-state index contributed by atoms with van der Waals surface area (Å²) < 4.78 is 24.3. The molecule has 0 atom stereocenters. The molecule has 2 aromatic rings. The lowest BCUT2D eigenvalue weighted by atomic mass is 9.97. The second-order valence-electron chi connectivity index (χ2n) is 6.65. The molecule has 0 aliphatic carbocycles. The highest BCUT2D eigenvalue weighted by molar-refractivity contribution is 5.95. The number of ether oxygens (including phenoxy) is 2. The highest BCUT2D eigenvalue weighted by atomic mass is 19.1.